The molecule has 7 heteroatoms. The van der Waals surface area contributed by atoms with Gasteiger partial charge in [-0.3, -0.25) is 4.68 Å². The van der Waals surface area contributed by atoms with Gasteiger partial charge in [-0.05, 0) is 11.6 Å². The first kappa shape index (κ1) is 13.7. The second-order valence-corrected chi connectivity index (χ2v) is 5.72. The van der Waals surface area contributed by atoms with Crippen molar-refractivity contribution >= 4 is 10.0 Å². The van der Waals surface area contributed by atoms with Crippen molar-refractivity contribution in [1.82, 2.24) is 14.5 Å². The van der Waals surface area contributed by atoms with Crippen LogP contribution in [0.4, 0.5) is 0 Å². The second kappa shape index (κ2) is 5.52. The van der Waals surface area contributed by atoms with Gasteiger partial charge >= 0.3 is 0 Å². The van der Waals surface area contributed by atoms with Crippen LogP contribution >= 0.6 is 0 Å². The monoisotopic (exact) mass is 281 g/mol. The van der Waals surface area contributed by atoms with Crippen molar-refractivity contribution in [2.75, 3.05) is 6.61 Å². The van der Waals surface area contributed by atoms with Crippen LogP contribution in [0.5, 0.6) is 0 Å². The molecule has 0 aliphatic rings. The molecule has 1 aromatic heterocycles. The number of aromatic nitrogens is 2. The largest absolute Gasteiger partial charge is 0.394 e. The highest BCUT2D eigenvalue weighted by Crippen LogP contribution is 2.16. The Labute approximate surface area is 111 Å². The van der Waals surface area contributed by atoms with E-state index in [-0.39, 0.29) is 11.6 Å². The summed E-state index contributed by atoms with van der Waals surface area (Å²) in [6, 6.07) is 9.64. The fourth-order valence-corrected chi connectivity index (χ4v) is 3.11. The Kier molecular flexibility index (Phi) is 3.98. The molecular weight excluding hydrogens is 266 g/mol. The van der Waals surface area contributed by atoms with Crippen LogP contribution < -0.4 is 4.72 Å². The summed E-state index contributed by atoms with van der Waals surface area (Å²) in [5, 5.41) is 13.2. The van der Waals surface area contributed by atoms with Crippen molar-refractivity contribution in [3.05, 3.63) is 48.2 Å². The number of aliphatic hydroxyl groups excluding tert-OH is 1. The zero-order valence-corrected chi connectivity index (χ0v) is 11.2. The first-order chi connectivity index (χ1) is 9.04. The second-order valence-electron chi connectivity index (χ2n) is 4.06. The molecule has 1 aromatic carbocycles. The number of hydrogen-bond donors (Lipinski definition) is 2. The average Bonchev–Trinajstić information content (AvgIpc) is 2.84. The number of benzene rings is 1. The molecule has 0 aliphatic carbocycles. The molecule has 0 aliphatic heterocycles. The summed E-state index contributed by atoms with van der Waals surface area (Å²) in [4.78, 5) is 0. The molecule has 1 atom stereocenters. The average molecular weight is 281 g/mol. The third-order valence-corrected chi connectivity index (χ3v) is 4.28. The fraction of sp³-hybridized carbons (Fsp3) is 0.250. The predicted molar refractivity (Wildman–Crippen MR) is 69.8 cm³/mol. The number of rotatable bonds is 5. The molecule has 0 saturated heterocycles. The highest BCUT2D eigenvalue weighted by atomic mass is 32.2. The molecule has 0 amide bonds. The lowest BCUT2D eigenvalue weighted by atomic mass is 10.1. The summed E-state index contributed by atoms with van der Waals surface area (Å²) in [5.74, 6) is 0. The molecule has 0 saturated carbocycles. The molecule has 0 radical (unpaired) electrons. The van der Waals surface area contributed by atoms with Crippen LogP contribution in [-0.4, -0.2) is 29.9 Å². The Morgan fingerprint density at radius 3 is 2.53 bits per heavy atom. The van der Waals surface area contributed by atoms with E-state index < -0.39 is 16.1 Å². The number of nitrogens with one attached hydrogen (secondary N) is 1. The Morgan fingerprint density at radius 2 is 2.00 bits per heavy atom. The first-order valence-electron chi connectivity index (χ1n) is 5.71. The quantitative estimate of drug-likeness (QED) is 0.832. The van der Waals surface area contributed by atoms with Crippen LogP contribution in [0.1, 0.15) is 11.6 Å². The molecule has 6 nitrogen and oxygen atoms in total. The van der Waals surface area contributed by atoms with E-state index in [2.05, 4.69) is 9.82 Å². The maximum Gasteiger partial charge on any atom is 0.258 e. The van der Waals surface area contributed by atoms with E-state index in [1.165, 1.54) is 16.9 Å². The number of aliphatic hydroxyl groups is 1. The van der Waals surface area contributed by atoms with Crippen LogP contribution in [0.25, 0.3) is 0 Å². The maximum absolute atomic E-state index is 12.2. The topological polar surface area (TPSA) is 84.2 Å². The van der Waals surface area contributed by atoms with Crippen LogP contribution in [0.3, 0.4) is 0 Å². The van der Waals surface area contributed by atoms with Gasteiger partial charge in [-0.1, -0.05) is 30.3 Å². The molecule has 102 valence electrons. The SMILES string of the molecule is Cn1nccc1S(=O)(=O)N[C@@H](CO)c1ccccc1. The lowest BCUT2D eigenvalue weighted by Crippen LogP contribution is -2.32. The van der Waals surface area contributed by atoms with E-state index >= 15 is 0 Å². The Balaban J connectivity index is 2.27. The molecule has 0 unspecified atom stereocenters. The molecule has 1 heterocycles. The van der Waals surface area contributed by atoms with Crippen LogP contribution in [0.15, 0.2) is 47.6 Å². The van der Waals surface area contributed by atoms with Gasteiger partial charge in [-0.15, -0.1) is 0 Å². The van der Waals surface area contributed by atoms with Crippen LogP contribution in [0, 0.1) is 0 Å². The predicted octanol–water partition coefficient (Wildman–Crippen LogP) is 0.432. The van der Waals surface area contributed by atoms with Gasteiger partial charge in [0, 0.05) is 7.05 Å². The number of sulfonamides is 1. The smallest absolute Gasteiger partial charge is 0.258 e. The van der Waals surface area contributed by atoms with Gasteiger partial charge in [0.2, 0.25) is 0 Å². The van der Waals surface area contributed by atoms with Crippen LogP contribution in [-0.2, 0) is 17.1 Å². The van der Waals surface area contributed by atoms with E-state index in [0.29, 0.717) is 5.56 Å². The Morgan fingerprint density at radius 1 is 1.32 bits per heavy atom. The van der Waals surface area contributed by atoms with Gasteiger partial charge in [-0.25, -0.2) is 8.42 Å². The van der Waals surface area contributed by atoms with Gasteiger partial charge in [0.25, 0.3) is 10.0 Å². The fourth-order valence-electron chi connectivity index (χ4n) is 1.77. The summed E-state index contributed by atoms with van der Waals surface area (Å²) in [7, 11) is -2.17. The summed E-state index contributed by atoms with van der Waals surface area (Å²) in [6.45, 7) is -0.318. The minimum Gasteiger partial charge on any atom is -0.394 e. The molecule has 2 rings (SSSR count). The lowest BCUT2D eigenvalue weighted by molar-refractivity contribution is 0.258. The van der Waals surface area contributed by atoms with E-state index in [1.54, 1.807) is 31.3 Å². The van der Waals surface area contributed by atoms with E-state index in [9.17, 15) is 13.5 Å². The van der Waals surface area contributed by atoms with Crippen LogP contribution in [0.2, 0.25) is 0 Å². The van der Waals surface area contributed by atoms with Crippen molar-refractivity contribution in [2.45, 2.75) is 11.1 Å². The molecule has 0 spiro atoms. The molecule has 0 bridgehead atoms. The van der Waals surface area contributed by atoms with E-state index in [1.807, 2.05) is 6.07 Å². The molecule has 2 aromatic rings. The summed E-state index contributed by atoms with van der Waals surface area (Å²) >= 11 is 0. The molecule has 19 heavy (non-hydrogen) atoms. The molecule has 0 fully saturated rings. The van der Waals surface area contributed by atoms with E-state index in [4.69, 9.17) is 0 Å². The molecular formula is C12H15N3O3S. The standard InChI is InChI=1S/C12H15N3O3S/c1-15-12(7-8-13-15)19(17,18)14-11(9-16)10-5-3-2-4-6-10/h2-8,11,14,16H,9H2,1H3/t11-/m0/s1. The van der Waals surface area contributed by atoms with Gasteiger partial charge in [0.1, 0.15) is 0 Å². The summed E-state index contributed by atoms with van der Waals surface area (Å²) in [6.07, 6.45) is 1.41. The normalized spacial score (nSPS) is 13.4. The Hall–Kier alpha value is -1.70. The summed E-state index contributed by atoms with van der Waals surface area (Å²) < 4.78 is 28.1. The third-order valence-electron chi connectivity index (χ3n) is 2.73. The Bertz CT molecular complexity index is 637. The van der Waals surface area contributed by atoms with Gasteiger partial charge in [0.05, 0.1) is 18.8 Å². The van der Waals surface area contributed by atoms with Crippen molar-refractivity contribution < 1.29 is 13.5 Å². The van der Waals surface area contributed by atoms with Crippen molar-refractivity contribution in [3.8, 4) is 0 Å². The highest BCUT2D eigenvalue weighted by molar-refractivity contribution is 7.89. The van der Waals surface area contributed by atoms with Gasteiger partial charge < -0.3 is 5.11 Å². The van der Waals surface area contributed by atoms with Crippen molar-refractivity contribution in [3.63, 3.8) is 0 Å². The number of aryl methyl sites for hydroxylation is 1. The third kappa shape index (κ3) is 3.01. The van der Waals surface area contributed by atoms with Gasteiger partial charge in [-0.2, -0.15) is 9.82 Å². The molecule has 2 N–H and O–H groups in total. The minimum absolute atomic E-state index is 0.0573. The highest BCUT2D eigenvalue weighted by Gasteiger charge is 2.23. The van der Waals surface area contributed by atoms with E-state index in [0.717, 1.165) is 0 Å². The number of nitrogens with zero attached hydrogens (tertiary/aromatic N) is 2. The maximum atomic E-state index is 12.2. The van der Waals surface area contributed by atoms with Crippen molar-refractivity contribution in [2.24, 2.45) is 7.05 Å². The summed E-state index contributed by atoms with van der Waals surface area (Å²) in [5.41, 5.74) is 0.704. The minimum atomic E-state index is -3.72. The van der Waals surface area contributed by atoms with Gasteiger partial charge in [0.15, 0.2) is 5.03 Å². The first-order valence-corrected chi connectivity index (χ1v) is 7.19. The van der Waals surface area contributed by atoms with Crippen molar-refractivity contribution in [1.29, 1.82) is 0 Å². The zero-order chi connectivity index (χ0) is 13.9. The number of hydrogen-bond acceptors (Lipinski definition) is 4. The zero-order valence-electron chi connectivity index (χ0n) is 10.4. The lowest BCUT2D eigenvalue weighted by Gasteiger charge is -2.16.